The van der Waals surface area contributed by atoms with E-state index in [4.69, 9.17) is 0 Å². The van der Waals surface area contributed by atoms with E-state index in [2.05, 4.69) is 55.4 Å². The summed E-state index contributed by atoms with van der Waals surface area (Å²) in [6.45, 7) is 20.2. The fraction of sp³-hybridized carbons (Fsp3) is 0.900. The highest BCUT2D eigenvalue weighted by atomic mass is 16.1. The van der Waals surface area contributed by atoms with Crippen LogP contribution in [0.4, 0.5) is 0 Å². The fourth-order valence-corrected chi connectivity index (χ4v) is 10.3. The van der Waals surface area contributed by atoms with Gasteiger partial charge in [-0.25, -0.2) is 0 Å². The molecule has 0 radical (unpaired) electrons. The molecule has 6 atom stereocenters. The average Bonchev–Trinajstić information content (AvgIpc) is 2.68. The van der Waals surface area contributed by atoms with Crippen molar-refractivity contribution in [1.29, 1.82) is 0 Å². The van der Waals surface area contributed by atoms with E-state index >= 15 is 0 Å². The molecule has 174 valence electrons. The van der Waals surface area contributed by atoms with E-state index in [0.717, 1.165) is 18.8 Å². The quantitative estimate of drug-likeness (QED) is 0.356. The van der Waals surface area contributed by atoms with Crippen molar-refractivity contribution in [1.82, 2.24) is 0 Å². The van der Waals surface area contributed by atoms with Crippen molar-refractivity contribution in [2.75, 3.05) is 0 Å². The van der Waals surface area contributed by atoms with E-state index in [1.807, 2.05) is 11.1 Å². The average molecular weight is 425 g/mol. The third-order valence-corrected chi connectivity index (χ3v) is 12.7. The minimum atomic E-state index is -0.147. The lowest BCUT2D eigenvalue weighted by Crippen LogP contribution is -2.60. The van der Waals surface area contributed by atoms with Gasteiger partial charge in [0.25, 0.3) is 0 Å². The zero-order valence-electron chi connectivity index (χ0n) is 21.8. The van der Waals surface area contributed by atoms with E-state index in [1.54, 1.807) is 0 Å². The van der Waals surface area contributed by atoms with Crippen molar-refractivity contribution in [3.05, 3.63) is 11.1 Å². The van der Waals surface area contributed by atoms with Crippen LogP contribution in [0.5, 0.6) is 0 Å². The van der Waals surface area contributed by atoms with E-state index in [1.165, 1.54) is 57.8 Å². The summed E-state index contributed by atoms with van der Waals surface area (Å²) in [4.78, 5) is 12.9. The van der Waals surface area contributed by atoms with Gasteiger partial charge in [0.05, 0.1) is 0 Å². The molecule has 0 N–H and O–H groups in total. The molecule has 3 fully saturated rings. The van der Waals surface area contributed by atoms with Gasteiger partial charge >= 0.3 is 0 Å². The van der Waals surface area contributed by atoms with Gasteiger partial charge in [-0.15, -0.1) is 0 Å². The second-order valence-corrected chi connectivity index (χ2v) is 14.9. The Hall–Kier alpha value is -0.590. The van der Waals surface area contributed by atoms with Gasteiger partial charge in [-0.2, -0.15) is 0 Å². The molecule has 0 heterocycles. The monoisotopic (exact) mass is 424 g/mol. The first-order valence-corrected chi connectivity index (χ1v) is 13.5. The van der Waals surface area contributed by atoms with Crippen molar-refractivity contribution in [2.45, 2.75) is 126 Å². The van der Waals surface area contributed by atoms with Crippen LogP contribution >= 0.6 is 0 Å². The first-order chi connectivity index (χ1) is 14.2. The summed E-state index contributed by atoms with van der Waals surface area (Å²) in [5.74, 6) is 1.91. The highest BCUT2D eigenvalue weighted by Gasteiger charge is 2.65. The van der Waals surface area contributed by atoms with Gasteiger partial charge in [0.2, 0.25) is 0 Å². The van der Waals surface area contributed by atoms with Gasteiger partial charge in [-0.05, 0) is 103 Å². The number of rotatable bonds is 0. The summed E-state index contributed by atoms with van der Waals surface area (Å²) in [5, 5.41) is 0. The van der Waals surface area contributed by atoms with Crippen LogP contribution in [-0.4, -0.2) is 5.78 Å². The van der Waals surface area contributed by atoms with Gasteiger partial charge in [0, 0.05) is 11.8 Å². The SMILES string of the molecule is CC1(C)CC[C@]2(C)CC[C@]3(C)C4=C(CC[C@@]3(C)[C@@H]2C1)[C@@]1(C)CCC(=O)C(C)(C)C1CC4. The molecule has 1 nitrogen and oxygen atoms in total. The minimum absolute atomic E-state index is 0.147. The summed E-state index contributed by atoms with van der Waals surface area (Å²) < 4.78 is 0. The molecular formula is C30H48O. The molecule has 0 saturated heterocycles. The highest BCUT2D eigenvalue weighted by Crippen LogP contribution is 2.74. The molecule has 0 aromatic rings. The molecule has 0 amide bonds. The molecule has 0 aromatic heterocycles. The summed E-state index contributed by atoms with van der Waals surface area (Å²) in [5.41, 5.74) is 5.63. The number of hydrogen-bond acceptors (Lipinski definition) is 1. The van der Waals surface area contributed by atoms with Crippen LogP contribution in [-0.2, 0) is 4.79 Å². The number of allylic oxidation sites excluding steroid dienone is 2. The standard InChI is InChI=1S/C30H48O/c1-25(2)15-16-27(5)17-18-29(7)21-9-10-22-26(3,4)24(31)12-13-28(22,6)20(21)11-14-30(29,8)23(27)19-25/h22-23H,9-19H2,1-8H3/t22?,23-,27-,28-,29-,30+/m1/s1. The van der Waals surface area contributed by atoms with Gasteiger partial charge in [-0.1, -0.05) is 66.5 Å². The van der Waals surface area contributed by atoms with Crippen LogP contribution in [0.2, 0.25) is 0 Å². The molecule has 0 aromatic carbocycles. The van der Waals surface area contributed by atoms with Crippen molar-refractivity contribution in [2.24, 2.45) is 44.3 Å². The predicted molar refractivity (Wildman–Crippen MR) is 130 cm³/mol. The number of carbonyl (C=O) groups is 1. The maximum atomic E-state index is 12.9. The Bertz CT molecular complexity index is 844. The topological polar surface area (TPSA) is 17.1 Å². The molecule has 1 unspecified atom stereocenters. The molecule has 3 saturated carbocycles. The van der Waals surface area contributed by atoms with E-state index in [9.17, 15) is 4.79 Å². The van der Waals surface area contributed by atoms with Crippen molar-refractivity contribution in [3.8, 4) is 0 Å². The van der Waals surface area contributed by atoms with Gasteiger partial charge in [0.15, 0.2) is 0 Å². The molecule has 5 aliphatic rings. The van der Waals surface area contributed by atoms with E-state index in [-0.39, 0.29) is 10.8 Å². The Morgan fingerprint density at radius 1 is 0.677 bits per heavy atom. The number of hydrogen-bond donors (Lipinski definition) is 0. The second kappa shape index (κ2) is 6.29. The number of Topliss-reactive ketones (excluding diaryl/α,β-unsaturated/α-hetero) is 1. The summed E-state index contributed by atoms with van der Waals surface area (Å²) in [7, 11) is 0. The lowest BCUT2D eigenvalue weighted by atomic mass is 9.35. The number of fused-ring (bicyclic) bond motifs is 6. The molecule has 31 heavy (non-hydrogen) atoms. The van der Waals surface area contributed by atoms with Gasteiger partial charge < -0.3 is 0 Å². The highest BCUT2D eigenvalue weighted by molar-refractivity contribution is 5.85. The number of carbonyl (C=O) groups excluding carboxylic acids is 1. The summed E-state index contributed by atoms with van der Waals surface area (Å²) in [6, 6.07) is 0. The van der Waals surface area contributed by atoms with Crippen LogP contribution in [0.1, 0.15) is 126 Å². The summed E-state index contributed by atoms with van der Waals surface area (Å²) >= 11 is 0. The summed E-state index contributed by atoms with van der Waals surface area (Å²) in [6.07, 6.45) is 14.1. The van der Waals surface area contributed by atoms with Crippen molar-refractivity contribution >= 4 is 5.78 Å². The number of ketones is 1. The van der Waals surface area contributed by atoms with Crippen LogP contribution in [0.15, 0.2) is 11.1 Å². The van der Waals surface area contributed by atoms with Crippen LogP contribution in [0.3, 0.4) is 0 Å². The maximum absolute atomic E-state index is 12.9. The fourth-order valence-electron chi connectivity index (χ4n) is 10.3. The van der Waals surface area contributed by atoms with Crippen LogP contribution < -0.4 is 0 Å². The molecule has 0 aliphatic heterocycles. The zero-order chi connectivity index (χ0) is 22.7. The molecule has 0 bridgehead atoms. The molecule has 0 spiro atoms. The smallest absolute Gasteiger partial charge is 0.138 e. The minimum Gasteiger partial charge on any atom is -0.299 e. The third-order valence-electron chi connectivity index (χ3n) is 12.7. The van der Waals surface area contributed by atoms with Crippen molar-refractivity contribution in [3.63, 3.8) is 0 Å². The molecular weight excluding hydrogens is 376 g/mol. The predicted octanol–water partition coefficient (Wildman–Crippen LogP) is 8.52. The Labute approximate surface area is 192 Å². The Morgan fingerprint density at radius 3 is 2.06 bits per heavy atom. The van der Waals surface area contributed by atoms with E-state index < -0.39 is 0 Å². The normalized spacial score (nSPS) is 50.8. The lowest BCUT2D eigenvalue weighted by Gasteiger charge is -2.69. The second-order valence-electron chi connectivity index (χ2n) is 14.9. The Morgan fingerprint density at radius 2 is 1.35 bits per heavy atom. The van der Waals surface area contributed by atoms with Crippen LogP contribution in [0.25, 0.3) is 0 Å². The molecule has 5 rings (SSSR count). The van der Waals surface area contributed by atoms with Crippen molar-refractivity contribution < 1.29 is 4.79 Å². The Balaban J connectivity index is 1.60. The van der Waals surface area contributed by atoms with E-state index in [0.29, 0.717) is 33.4 Å². The Kier molecular flexibility index (Phi) is 4.51. The largest absolute Gasteiger partial charge is 0.299 e. The van der Waals surface area contributed by atoms with Gasteiger partial charge in [-0.3, -0.25) is 4.79 Å². The maximum Gasteiger partial charge on any atom is 0.138 e. The van der Waals surface area contributed by atoms with Gasteiger partial charge in [0.1, 0.15) is 5.78 Å². The third kappa shape index (κ3) is 2.70. The molecule has 1 heteroatoms. The zero-order valence-corrected chi connectivity index (χ0v) is 21.8. The van der Waals surface area contributed by atoms with Crippen LogP contribution in [0, 0.1) is 44.3 Å². The first-order valence-electron chi connectivity index (χ1n) is 13.5. The lowest BCUT2D eigenvalue weighted by molar-refractivity contribution is -0.154. The molecule has 5 aliphatic carbocycles. The first kappa shape index (κ1) is 22.2.